The first-order valence-electron chi connectivity index (χ1n) is 16.5. The highest BCUT2D eigenvalue weighted by Crippen LogP contribution is 2.39. The molecular formula is C38H30N8O4S. The molecule has 51 heavy (non-hydrogen) atoms. The van der Waals surface area contributed by atoms with Crippen LogP contribution in [0.4, 0.5) is 27.9 Å². The van der Waals surface area contributed by atoms with Gasteiger partial charge in [-0.2, -0.15) is 0 Å². The second kappa shape index (κ2) is 11.6. The van der Waals surface area contributed by atoms with Crippen molar-refractivity contribution in [2.45, 2.75) is 12.8 Å². The molecule has 13 heteroatoms. The van der Waals surface area contributed by atoms with Crippen molar-refractivity contribution in [3.05, 3.63) is 107 Å². The van der Waals surface area contributed by atoms with Gasteiger partial charge in [0.15, 0.2) is 0 Å². The van der Waals surface area contributed by atoms with Crippen LogP contribution in [0.25, 0.3) is 32.0 Å². The lowest BCUT2D eigenvalue weighted by molar-refractivity contribution is 0.0691. The Balaban J connectivity index is 0.952. The van der Waals surface area contributed by atoms with Crippen LogP contribution in [0, 0.1) is 0 Å². The zero-order valence-corrected chi connectivity index (χ0v) is 28.4. The molecule has 3 N–H and O–H groups in total. The fourth-order valence-corrected chi connectivity index (χ4v) is 8.01. The Morgan fingerprint density at radius 2 is 1.39 bits per heavy atom. The molecule has 0 bridgehead atoms. The second-order valence-corrected chi connectivity index (χ2v) is 13.9. The Morgan fingerprint density at radius 1 is 0.765 bits per heavy atom. The van der Waals surface area contributed by atoms with Crippen LogP contribution in [0.5, 0.6) is 0 Å². The zero-order valence-electron chi connectivity index (χ0n) is 27.6. The first kappa shape index (κ1) is 30.7. The maximum absolute atomic E-state index is 13.9. The van der Waals surface area contributed by atoms with Crippen molar-refractivity contribution >= 4 is 89.0 Å². The van der Waals surface area contributed by atoms with Gasteiger partial charge in [-0.1, -0.05) is 11.3 Å². The third-order valence-corrected chi connectivity index (χ3v) is 10.6. The highest BCUT2D eigenvalue weighted by Gasteiger charge is 2.31. The third-order valence-electron chi connectivity index (χ3n) is 9.73. The summed E-state index contributed by atoms with van der Waals surface area (Å²) in [7, 11) is 3.97. The monoisotopic (exact) mass is 694 g/mol. The highest BCUT2D eigenvalue weighted by atomic mass is 32.1. The van der Waals surface area contributed by atoms with Gasteiger partial charge in [-0.15, -0.1) is 10.2 Å². The van der Waals surface area contributed by atoms with E-state index < -0.39 is 5.97 Å². The molecule has 4 aromatic carbocycles. The molecule has 2 amide bonds. The van der Waals surface area contributed by atoms with Crippen molar-refractivity contribution in [1.82, 2.24) is 15.0 Å². The minimum Gasteiger partial charge on any atom is -0.477 e. The van der Waals surface area contributed by atoms with Gasteiger partial charge in [-0.25, -0.2) is 9.78 Å². The normalized spacial score (nSPS) is 13.9. The summed E-state index contributed by atoms with van der Waals surface area (Å²) in [6, 6.07) is 24.4. The fraction of sp³-hybridized carbons (Fsp3) is 0.158. The van der Waals surface area contributed by atoms with E-state index >= 15 is 0 Å². The number of fused-ring (bicyclic) bond motifs is 7. The van der Waals surface area contributed by atoms with E-state index in [1.807, 2.05) is 85.7 Å². The molecule has 252 valence electrons. The maximum atomic E-state index is 13.9. The first-order chi connectivity index (χ1) is 24.7. The molecule has 12 nitrogen and oxygen atoms in total. The summed E-state index contributed by atoms with van der Waals surface area (Å²) in [4.78, 5) is 55.7. The Hall–Kier alpha value is -6.34. The molecule has 0 aliphatic carbocycles. The number of azo groups is 1. The van der Waals surface area contributed by atoms with Crippen molar-refractivity contribution in [3.8, 4) is 0 Å². The number of benzene rings is 4. The summed E-state index contributed by atoms with van der Waals surface area (Å²) in [6.07, 6.45) is 1.29. The predicted molar refractivity (Wildman–Crippen MR) is 199 cm³/mol. The van der Waals surface area contributed by atoms with Crippen molar-refractivity contribution in [1.29, 1.82) is 0 Å². The smallest absolute Gasteiger partial charge is 0.352 e. The number of nitrogens with one attached hydrogen (secondary N) is 2. The van der Waals surface area contributed by atoms with Gasteiger partial charge in [0.1, 0.15) is 11.4 Å². The average Bonchev–Trinajstić information content (AvgIpc) is 3.97. The number of amides is 2. The first-order valence-corrected chi connectivity index (χ1v) is 17.3. The van der Waals surface area contributed by atoms with Crippen molar-refractivity contribution < 1.29 is 19.5 Å². The number of rotatable bonds is 6. The molecule has 3 aromatic heterocycles. The van der Waals surface area contributed by atoms with Gasteiger partial charge in [-0.05, 0) is 103 Å². The van der Waals surface area contributed by atoms with Crippen molar-refractivity contribution in [2.75, 3.05) is 41.9 Å². The maximum Gasteiger partial charge on any atom is 0.352 e. The van der Waals surface area contributed by atoms with E-state index in [0.29, 0.717) is 42.3 Å². The number of anilines is 3. The summed E-state index contributed by atoms with van der Waals surface area (Å²) < 4.78 is 0.851. The van der Waals surface area contributed by atoms with Crippen LogP contribution < -0.4 is 14.7 Å². The van der Waals surface area contributed by atoms with E-state index in [2.05, 4.69) is 25.2 Å². The van der Waals surface area contributed by atoms with E-state index in [-0.39, 0.29) is 17.5 Å². The lowest BCUT2D eigenvalue weighted by atomic mass is 10.1. The number of H-pyrrole nitrogens is 2. The largest absolute Gasteiger partial charge is 0.477 e. The van der Waals surface area contributed by atoms with Gasteiger partial charge in [0.05, 0.1) is 15.9 Å². The lowest BCUT2D eigenvalue weighted by Gasteiger charge is -2.17. The summed E-state index contributed by atoms with van der Waals surface area (Å²) in [6.45, 7) is 1.02. The molecule has 0 spiro atoms. The van der Waals surface area contributed by atoms with E-state index in [1.165, 1.54) is 11.3 Å². The Kier molecular flexibility index (Phi) is 7.00. The van der Waals surface area contributed by atoms with Gasteiger partial charge < -0.3 is 29.8 Å². The van der Waals surface area contributed by atoms with Gasteiger partial charge in [0, 0.05) is 71.6 Å². The number of thiazole rings is 1. The van der Waals surface area contributed by atoms with Gasteiger partial charge in [0.25, 0.3) is 11.8 Å². The van der Waals surface area contributed by atoms with Crippen LogP contribution in [0.2, 0.25) is 0 Å². The van der Waals surface area contributed by atoms with Crippen LogP contribution in [-0.4, -0.2) is 65.0 Å². The number of aromatic nitrogens is 3. The van der Waals surface area contributed by atoms with Crippen LogP contribution in [0.1, 0.15) is 42.5 Å². The molecule has 2 aliphatic heterocycles. The van der Waals surface area contributed by atoms with E-state index in [0.717, 1.165) is 65.9 Å². The van der Waals surface area contributed by atoms with Crippen molar-refractivity contribution in [2.24, 2.45) is 10.2 Å². The number of hydrogen-bond acceptors (Lipinski definition) is 8. The standard InChI is InChI=1S/C38H30N8O4S/c1-44(2)22-6-4-21(5-7-22)42-43-38-41-29-8-3-20(17-34(29)51-38)35(47)45-15-13-23-25-18-30(39-27(25)9-11-32(23)45)36(48)46-16-14-24-26-19-31(37(49)50)40-28(26)10-12-33(24)46/h3-12,17-19,39-40H,13-16H2,1-2H3,(H,49,50)/b43-42+. The molecule has 0 saturated heterocycles. The minimum absolute atomic E-state index is 0.102. The summed E-state index contributed by atoms with van der Waals surface area (Å²) in [5, 5.41) is 20.4. The number of hydrogen-bond donors (Lipinski definition) is 3. The molecular weight excluding hydrogens is 665 g/mol. The quantitative estimate of drug-likeness (QED) is 0.151. The summed E-state index contributed by atoms with van der Waals surface area (Å²) in [5.74, 6) is -1.28. The van der Waals surface area contributed by atoms with Crippen LogP contribution >= 0.6 is 11.3 Å². The number of nitrogens with zero attached hydrogens (tertiary/aromatic N) is 6. The number of carboxylic acids is 1. The molecule has 0 atom stereocenters. The zero-order chi connectivity index (χ0) is 35.0. The van der Waals surface area contributed by atoms with Crippen molar-refractivity contribution in [3.63, 3.8) is 0 Å². The molecule has 7 aromatic rings. The number of aromatic amines is 2. The second-order valence-electron chi connectivity index (χ2n) is 12.9. The van der Waals surface area contributed by atoms with Gasteiger partial charge >= 0.3 is 5.97 Å². The molecule has 0 saturated carbocycles. The molecule has 5 heterocycles. The molecule has 0 unspecified atom stereocenters. The van der Waals surface area contributed by atoms with Crippen LogP contribution in [-0.2, 0) is 12.8 Å². The SMILES string of the molecule is CN(C)c1ccc(/N=N/c2nc3ccc(C(=O)N4CCc5c4ccc4[nH]c(C(=O)N6CCc7c6ccc6[nH]c(C(=O)O)cc76)cc54)cc3s2)cc1. The number of carboxylic acid groups (broad SMARTS) is 1. The number of aromatic carboxylic acids is 1. The van der Waals surface area contributed by atoms with Gasteiger partial charge in [-0.3, -0.25) is 9.59 Å². The fourth-order valence-electron chi connectivity index (χ4n) is 7.18. The van der Waals surface area contributed by atoms with E-state index in [1.54, 1.807) is 21.9 Å². The minimum atomic E-state index is -1.02. The number of carbonyl (C=O) groups is 3. The summed E-state index contributed by atoms with van der Waals surface area (Å²) >= 11 is 1.38. The topological polar surface area (TPSA) is 150 Å². The van der Waals surface area contributed by atoms with Crippen LogP contribution in [0.15, 0.2) is 89.1 Å². The lowest BCUT2D eigenvalue weighted by Crippen LogP contribution is -2.29. The third kappa shape index (κ3) is 5.12. The summed E-state index contributed by atoms with van der Waals surface area (Å²) in [5.41, 5.74) is 8.88. The Bertz CT molecular complexity index is 2620. The number of carbonyl (C=O) groups excluding carboxylic acids is 2. The Morgan fingerprint density at radius 3 is 2.04 bits per heavy atom. The van der Waals surface area contributed by atoms with Gasteiger partial charge in [0.2, 0.25) is 5.13 Å². The highest BCUT2D eigenvalue weighted by molar-refractivity contribution is 7.21. The van der Waals surface area contributed by atoms with E-state index in [4.69, 9.17) is 0 Å². The predicted octanol–water partition coefficient (Wildman–Crippen LogP) is 7.84. The molecule has 2 aliphatic rings. The molecule has 0 fully saturated rings. The van der Waals surface area contributed by atoms with Crippen LogP contribution in [0.3, 0.4) is 0 Å². The molecule has 9 rings (SSSR count). The average molecular weight is 695 g/mol. The van der Waals surface area contributed by atoms with E-state index in [9.17, 15) is 19.5 Å². The molecule has 0 radical (unpaired) electrons. The Labute approximate surface area is 294 Å².